The van der Waals surface area contributed by atoms with E-state index in [4.69, 9.17) is 17.3 Å². The van der Waals surface area contributed by atoms with Crippen molar-refractivity contribution in [3.05, 3.63) is 23.8 Å². The van der Waals surface area contributed by atoms with Crippen LogP contribution in [0.2, 0.25) is 0 Å². The number of nitrogens with one attached hydrogen (secondary N) is 1. The predicted octanol–water partition coefficient (Wildman–Crippen LogP) is -0.546. The fraction of sp³-hybridized carbons (Fsp3) is 0. The topological polar surface area (TPSA) is 107 Å². The maximum absolute atomic E-state index is 11.0. The minimum Gasteiger partial charge on any atom is -0.399 e. The molecule has 0 bridgehead atoms. The van der Waals surface area contributed by atoms with Crippen molar-refractivity contribution in [3.8, 4) is 0 Å². The smallest absolute Gasteiger partial charge is 0.267 e. The highest BCUT2D eigenvalue weighted by atomic mass is 16.2. The van der Waals surface area contributed by atoms with E-state index < -0.39 is 5.91 Å². The van der Waals surface area contributed by atoms with Crippen molar-refractivity contribution < 1.29 is 4.79 Å². The Balaban J connectivity index is 3.13. The number of carbonyl (C=O) groups excluding carboxylic acids is 1. The maximum atomic E-state index is 11.0. The normalized spacial score (nSPS) is 9.42. The molecule has 0 saturated carbocycles. The van der Waals surface area contributed by atoms with E-state index in [1.54, 1.807) is 12.1 Å². The van der Waals surface area contributed by atoms with Crippen molar-refractivity contribution in [2.45, 2.75) is 0 Å². The monoisotopic (exact) mass is 166 g/mol. The Bertz CT molecular complexity index is 310. The quantitative estimate of drug-likeness (QED) is 0.194. The van der Waals surface area contributed by atoms with Crippen molar-refractivity contribution in [1.29, 1.82) is 0 Å². The van der Waals surface area contributed by atoms with Crippen molar-refractivity contribution >= 4 is 17.3 Å². The molecule has 1 amide bonds. The second kappa shape index (κ2) is 3.10. The van der Waals surface area contributed by atoms with Gasteiger partial charge in [0, 0.05) is 11.4 Å². The van der Waals surface area contributed by atoms with Gasteiger partial charge < -0.3 is 11.5 Å². The SMILES string of the molecule is NNC(=O)c1cc(N)ccc1N. The molecule has 7 N–H and O–H groups in total. The van der Waals surface area contributed by atoms with Gasteiger partial charge in [-0.1, -0.05) is 0 Å². The molecule has 0 aliphatic heterocycles. The van der Waals surface area contributed by atoms with Gasteiger partial charge in [0.1, 0.15) is 0 Å². The van der Waals surface area contributed by atoms with Gasteiger partial charge >= 0.3 is 0 Å². The number of amides is 1. The zero-order chi connectivity index (χ0) is 9.14. The van der Waals surface area contributed by atoms with Gasteiger partial charge in [0.15, 0.2) is 0 Å². The van der Waals surface area contributed by atoms with Crippen LogP contribution in [0.5, 0.6) is 0 Å². The molecule has 0 aliphatic carbocycles. The Hall–Kier alpha value is -1.75. The van der Waals surface area contributed by atoms with Crippen LogP contribution >= 0.6 is 0 Å². The van der Waals surface area contributed by atoms with Crippen LogP contribution < -0.4 is 22.7 Å². The fourth-order valence-corrected chi connectivity index (χ4v) is 0.848. The number of hydrazine groups is 1. The van der Waals surface area contributed by atoms with E-state index in [9.17, 15) is 4.79 Å². The summed E-state index contributed by atoms with van der Waals surface area (Å²) in [6.07, 6.45) is 0. The van der Waals surface area contributed by atoms with Crippen molar-refractivity contribution in [2.24, 2.45) is 5.84 Å². The summed E-state index contributed by atoms with van der Waals surface area (Å²) in [5.74, 6) is 4.48. The van der Waals surface area contributed by atoms with E-state index in [1.807, 2.05) is 5.43 Å². The molecule has 0 spiro atoms. The predicted molar refractivity (Wildman–Crippen MR) is 46.9 cm³/mol. The second-order valence-electron chi connectivity index (χ2n) is 2.32. The van der Waals surface area contributed by atoms with Crippen LogP contribution in [-0.2, 0) is 0 Å². The molecule has 0 atom stereocenters. The fourth-order valence-electron chi connectivity index (χ4n) is 0.848. The third kappa shape index (κ3) is 1.46. The standard InChI is InChI=1S/C7H10N4O/c8-4-1-2-6(9)5(3-4)7(12)11-10/h1-3H,8-10H2,(H,11,12). The van der Waals surface area contributed by atoms with Gasteiger partial charge in [0.25, 0.3) is 5.91 Å². The zero-order valence-corrected chi connectivity index (χ0v) is 6.37. The van der Waals surface area contributed by atoms with Crippen molar-refractivity contribution in [2.75, 3.05) is 11.5 Å². The largest absolute Gasteiger partial charge is 0.399 e. The van der Waals surface area contributed by atoms with E-state index >= 15 is 0 Å². The Morgan fingerprint density at radius 3 is 2.58 bits per heavy atom. The van der Waals surface area contributed by atoms with Crippen LogP contribution in [0.4, 0.5) is 11.4 Å². The Morgan fingerprint density at radius 1 is 1.33 bits per heavy atom. The van der Waals surface area contributed by atoms with E-state index in [1.165, 1.54) is 6.07 Å². The van der Waals surface area contributed by atoms with Crippen LogP contribution in [0.25, 0.3) is 0 Å². The molecule has 1 rings (SSSR count). The van der Waals surface area contributed by atoms with Gasteiger partial charge in [0.05, 0.1) is 5.56 Å². The Morgan fingerprint density at radius 2 is 2.00 bits per heavy atom. The number of carbonyl (C=O) groups is 1. The number of nitrogens with two attached hydrogens (primary N) is 3. The zero-order valence-electron chi connectivity index (χ0n) is 6.37. The first-order valence-electron chi connectivity index (χ1n) is 3.31. The summed E-state index contributed by atoms with van der Waals surface area (Å²) in [4.78, 5) is 11.0. The van der Waals surface area contributed by atoms with Gasteiger partial charge in [-0.25, -0.2) is 5.84 Å². The van der Waals surface area contributed by atoms with Crippen LogP contribution in [0.1, 0.15) is 10.4 Å². The van der Waals surface area contributed by atoms with Gasteiger partial charge in [-0.05, 0) is 18.2 Å². The van der Waals surface area contributed by atoms with E-state index in [2.05, 4.69) is 0 Å². The third-order valence-electron chi connectivity index (χ3n) is 1.45. The Labute approximate surface area is 69.5 Å². The second-order valence-corrected chi connectivity index (χ2v) is 2.32. The molecule has 0 aromatic heterocycles. The number of hydrogen-bond acceptors (Lipinski definition) is 4. The first kappa shape index (κ1) is 8.35. The summed E-state index contributed by atoms with van der Waals surface area (Å²) >= 11 is 0. The van der Waals surface area contributed by atoms with Crippen LogP contribution in [0.3, 0.4) is 0 Å². The molecular formula is C7H10N4O. The van der Waals surface area contributed by atoms with Crippen molar-refractivity contribution in [1.82, 2.24) is 5.43 Å². The van der Waals surface area contributed by atoms with Gasteiger partial charge in [-0.3, -0.25) is 10.2 Å². The first-order chi connectivity index (χ1) is 5.65. The highest BCUT2D eigenvalue weighted by Crippen LogP contribution is 2.14. The minimum atomic E-state index is -0.445. The highest BCUT2D eigenvalue weighted by Gasteiger charge is 2.07. The average molecular weight is 166 g/mol. The summed E-state index contributed by atoms with van der Waals surface area (Å²) in [6.45, 7) is 0. The molecule has 0 unspecified atom stereocenters. The molecule has 5 heteroatoms. The number of anilines is 2. The number of rotatable bonds is 1. The number of benzene rings is 1. The molecule has 64 valence electrons. The van der Waals surface area contributed by atoms with Crippen LogP contribution in [-0.4, -0.2) is 5.91 Å². The van der Waals surface area contributed by atoms with Gasteiger partial charge in [-0.15, -0.1) is 0 Å². The molecule has 0 fully saturated rings. The molecule has 0 heterocycles. The van der Waals surface area contributed by atoms with Crippen LogP contribution in [0.15, 0.2) is 18.2 Å². The average Bonchev–Trinajstić information content (AvgIpc) is 2.08. The lowest BCUT2D eigenvalue weighted by molar-refractivity contribution is 0.0954. The minimum absolute atomic E-state index is 0.289. The molecule has 5 nitrogen and oxygen atoms in total. The summed E-state index contributed by atoms with van der Waals surface area (Å²) < 4.78 is 0. The van der Waals surface area contributed by atoms with E-state index in [0.29, 0.717) is 11.4 Å². The number of nitrogen functional groups attached to an aromatic ring is 3. The molecule has 1 aromatic rings. The molecule has 1 aromatic carbocycles. The molecule has 0 aliphatic rings. The first-order valence-corrected chi connectivity index (χ1v) is 3.31. The summed E-state index contributed by atoms with van der Waals surface area (Å²) in [5.41, 5.74) is 14.0. The summed E-state index contributed by atoms with van der Waals surface area (Å²) in [5, 5.41) is 0. The van der Waals surface area contributed by atoms with E-state index in [-0.39, 0.29) is 5.56 Å². The summed E-state index contributed by atoms with van der Waals surface area (Å²) in [7, 11) is 0. The molecule has 0 radical (unpaired) electrons. The van der Waals surface area contributed by atoms with E-state index in [0.717, 1.165) is 0 Å². The molecule has 0 saturated heterocycles. The lowest BCUT2D eigenvalue weighted by Gasteiger charge is -2.03. The van der Waals surface area contributed by atoms with Gasteiger partial charge in [-0.2, -0.15) is 0 Å². The molecular weight excluding hydrogens is 156 g/mol. The lowest BCUT2D eigenvalue weighted by atomic mass is 10.1. The summed E-state index contributed by atoms with van der Waals surface area (Å²) in [6, 6.07) is 4.64. The van der Waals surface area contributed by atoms with Gasteiger partial charge in [0.2, 0.25) is 0 Å². The highest BCUT2D eigenvalue weighted by molar-refractivity contribution is 5.99. The Kier molecular flexibility index (Phi) is 2.16. The lowest BCUT2D eigenvalue weighted by Crippen LogP contribution is -2.30. The molecule has 12 heavy (non-hydrogen) atoms. The third-order valence-corrected chi connectivity index (χ3v) is 1.45. The maximum Gasteiger partial charge on any atom is 0.267 e. The van der Waals surface area contributed by atoms with Crippen molar-refractivity contribution in [3.63, 3.8) is 0 Å². The van der Waals surface area contributed by atoms with Crippen LogP contribution in [0, 0.1) is 0 Å². The number of hydrogen-bond donors (Lipinski definition) is 4.